The maximum atomic E-state index is 13.2. The molecular formula is C49H91NO18. The maximum absolute atomic E-state index is 13.2. The second-order valence-electron chi connectivity index (χ2n) is 19.0. The first kappa shape index (κ1) is 60.8. The molecule has 12 N–H and O–H groups in total. The summed E-state index contributed by atoms with van der Waals surface area (Å²) in [6.07, 6.45) is 2.20. The van der Waals surface area contributed by atoms with E-state index >= 15 is 0 Å². The van der Waals surface area contributed by atoms with Crippen molar-refractivity contribution >= 4 is 5.91 Å². The molecule has 0 aromatic heterocycles. The van der Waals surface area contributed by atoms with Crippen molar-refractivity contribution in [1.29, 1.82) is 0 Å². The number of rotatable bonds is 36. The van der Waals surface area contributed by atoms with Gasteiger partial charge in [-0.3, -0.25) is 4.79 Å². The van der Waals surface area contributed by atoms with Gasteiger partial charge in [-0.05, 0) is 19.3 Å². The van der Waals surface area contributed by atoms with E-state index in [9.17, 15) is 61.0 Å². The third-order valence-corrected chi connectivity index (χ3v) is 13.3. The smallest absolute Gasteiger partial charge is 0.220 e. The van der Waals surface area contributed by atoms with Gasteiger partial charge in [0.05, 0.1) is 38.6 Å². The van der Waals surface area contributed by atoms with Gasteiger partial charge in [0.2, 0.25) is 5.91 Å². The van der Waals surface area contributed by atoms with Crippen molar-refractivity contribution in [1.82, 2.24) is 5.32 Å². The largest absolute Gasteiger partial charge is 0.394 e. The minimum absolute atomic E-state index is 0.247. The predicted octanol–water partition coefficient (Wildman–Crippen LogP) is 1.87. The van der Waals surface area contributed by atoms with Crippen LogP contribution in [0.2, 0.25) is 0 Å². The fourth-order valence-electron chi connectivity index (χ4n) is 8.95. The van der Waals surface area contributed by atoms with Gasteiger partial charge in [-0.2, -0.15) is 0 Å². The highest BCUT2D eigenvalue weighted by Gasteiger charge is 2.53. The van der Waals surface area contributed by atoms with Crippen LogP contribution in [-0.2, 0) is 33.2 Å². The lowest BCUT2D eigenvalue weighted by atomic mass is 9.96. The molecule has 0 aromatic carbocycles. The molecule has 3 saturated heterocycles. The molecule has 19 nitrogen and oxygen atoms in total. The molecule has 0 spiro atoms. The van der Waals surface area contributed by atoms with Gasteiger partial charge in [0.15, 0.2) is 18.9 Å². The summed E-state index contributed by atoms with van der Waals surface area (Å²) in [5.41, 5.74) is 0. The summed E-state index contributed by atoms with van der Waals surface area (Å²) in [4.78, 5) is 13.2. The zero-order chi connectivity index (χ0) is 49.8. The first-order valence-corrected chi connectivity index (χ1v) is 25.9. The minimum atomic E-state index is -1.97. The average molecular weight is 982 g/mol. The highest BCUT2D eigenvalue weighted by atomic mass is 16.8. The number of hydrogen-bond donors (Lipinski definition) is 12. The molecule has 17 unspecified atom stereocenters. The monoisotopic (exact) mass is 982 g/mol. The summed E-state index contributed by atoms with van der Waals surface area (Å²) < 4.78 is 34.1. The van der Waals surface area contributed by atoms with Crippen LogP contribution in [-0.4, -0.2) is 193 Å². The van der Waals surface area contributed by atoms with Crippen molar-refractivity contribution in [3.05, 3.63) is 12.2 Å². The highest BCUT2D eigenvalue weighted by molar-refractivity contribution is 5.76. The quantitative estimate of drug-likeness (QED) is 0.0315. The Morgan fingerprint density at radius 2 is 0.912 bits per heavy atom. The van der Waals surface area contributed by atoms with Crippen LogP contribution in [0.5, 0.6) is 0 Å². The van der Waals surface area contributed by atoms with E-state index in [1.54, 1.807) is 6.08 Å². The molecule has 0 saturated carbocycles. The Kier molecular flexibility index (Phi) is 31.1. The molecule has 3 fully saturated rings. The Bertz CT molecular complexity index is 1310. The number of nitrogens with one attached hydrogen (secondary N) is 1. The van der Waals surface area contributed by atoms with Crippen molar-refractivity contribution in [3.63, 3.8) is 0 Å². The van der Waals surface area contributed by atoms with Crippen LogP contribution in [0.4, 0.5) is 0 Å². The zero-order valence-corrected chi connectivity index (χ0v) is 40.8. The molecule has 3 heterocycles. The number of amides is 1. The lowest BCUT2D eigenvalue weighted by Crippen LogP contribution is -2.66. The molecule has 0 radical (unpaired) electrons. The molecule has 0 aliphatic carbocycles. The summed E-state index contributed by atoms with van der Waals surface area (Å²) >= 11 is 0. The Morgan fingerprint density at radius 1 is 0.515 bits per heavy atom. The van der Waals surface area contributed by atoms with Crippen LogP contribution in [0.15, 0.2) is 12.2 Å². The molecule has 3 rings (SSSR count). The number of hydrogen-bond acceptors (Lipinski definition) is 18. The van der Waals surface area contributed by atoms with Crippen molar-refractivity contribution in [3.8, 4) is 0 Å². The number of carbonyl (C=O) groups is 1. The number of aliphatic hydroxyl groups is 11. The van der Waals surface area contributed by atoms with Gasteiger partial charge < -0.3 is 89.9 Å². The van der Waals surface area contributed by atoms with Gasteiger partial charge in [0, 0.05) is 6.42 Å². The first-order chi connectivity index (χ1) is 32.8. The zero-order valence-electron chi connectivity index (χ0n) is 40.8. The molecule has 68 heavy (non-hydrogen) atoms. The van der Waals surface area contributed by atoms with E-state index in [1.165, 1.54) is 89.9 Å². The standard InChI is InChI=1S/C49H91NO18/c1-3-5-7-9-11-13-15-17-18-20-22-24-26-33(54)32(50-37(55)27-25-23-21-19-16-14-12-10-8-6-4-2)31-63-47-43(61)40(58)45(35(29-52)65-47)68-49-44(62)41(59)46(36(30-53)66-49)67-48-42(60)39(57)38(56)34(28-51)64-48/h24,26,32-36,38-49,51-54,56-62H,3-23,25,27-31H2,1-2H3,(H,50,55)/b26-24+. The van der Waals surface area contributed by atoms with Crippen molar-refractivity contribution in [2.24, 2.45) is 0 Å². The lowest BCUT2D eigenvalue weighted by Gasteiger charge is -2.48. The van der Waals surface area contributed by atoms with Crippen LogP contribution in [0.3, 0.4) is 0 Å². The average Bonchev–Trinajstić information content (AvgIpc) is 3.33. The third-order valence-electron chi connectivity index (χ3n) is 13.3. The molecule has 3 aliphatic rings. The number of unbranched alkanes of at least 4 members (excludes halogenated alkanes) is 20. The van der Waals surface area contributed by atoms with Crippen LogP contribution < -0.4 is 5.32 Å². The van der Waals surface area contributed by atoms with Crippen molar-refractivity contribution < 1.29 is 89.4 Å². The Labute approximate surface area is 404 Å². The van der Waals surface area contributed by atoms with E-state index in [0.717, 1.165) is 44.9 Å². The molecule has 0 bridgehead atoms. The van der Waals surface area contributed by atoms with Gasteiger partial charge in [0.1, 0.15) is 73.2 Å². The van der Waals surface area contributed by atoms with Crippen LogP contribution in [0.25, 0.3) is 0 Å². The van der Waals surface area contributed by atoms with Crippen LogP contribution >= 0.6 is 0 Å². The third kappa shape index (κ3) is 20.6. The van der Waals surface area contributed by atoms with E-state index in [0.29, 0.717) is 6.42 Å². The molecule has 0 aromatic rings. The topological polar surface area (TPSA) is 307 Å². The molecule has 17 atom stereocenters. The minimum Gasteiger partial charge on any atom is -0.394 e. The molecule has 3 aliphatic heterocycles. The Morgan fingerprint density at radius 3 is 1.38 bits per heavy atom. The molecule has 19 heteroatoms. The first-order valence-electron chi connectivity index (χ1n) is 25.9. The van der Waals surface area contributed by atoms with Crippen molar-refractivity contribution in [2.45, 2.75) is 266 Å². The number of aliphatic hydroxyl groups excluding tert-OH is 11. The van der Waals surface area contributed by atoms with E-state index in [-0.39, 0.29) is 18.9 Å². The van der Waals surface area contributed by atoms with Crippen LogP contribution in [0.1, 0.15) is 162 Å². The highest BCUT2D eigenvalue weighted by Crippen LogP contribution is 2.33. The van der Waals surface area contributed by atoms with Gasteiger partial charge in [0.25, 0.3) is 0 Å². The summed E-state index contributed by atoms with van der Waals surface area (Å²) in [7, 11) is 0. The van der Waals surface area contributed by atoms with E-state index in [1.807, 2.05) is 6.08 Å². The summed E-state index contributed by atoms with van der Waals surface area (Å²) in [5, 5.41) is 119. The number of ether oxygens (including phenoxy) is 6. The fourth-order valence-corrected chi connectivity index (χ4v) is 8.95. The predicted molar refractivity (Wildman–Crippen MR) is 250 cm³/mol. The second-order valence-corrected chi connectivity index (χ2v) is 19.0. The van der Waals surface area contributed by atoms with E-state index in [2.05, 4.69) is 19.2 Å². The molecule has 400 valence electrons. The maximum Gasteiger partial charge on any atom is 0.220 e. The Hall–Kier alpha value is -1.47. The van der Waals surface area contributed by atoms with Crippen molar-refractivity contribution in [2.75, 3.05) is 26.4 Å². The normalized spacial score (nSPS) is 33.2. The molecular weight excluding hydrogens is 891 g/mol. The fraction of sp³-hybridized carbons (Fsp3) is 0.939. The number of carbonyl (C=O) groups excluding carboxylic acids is 1. The number of allylic oxidation sites excluding steroid dienone is 1. The van der Waals surface area contributed by atoms with Gasteiger partial charge in [-0.1, -0.05) is 148 Å². The van der Waals surface area contributed by atoms with Gasteiger partial charge in [-0.25, -0.2) is 0 Å². The SMILES string of the molecule is CCCCCCCCCCCC/C=C/C(O)C(COC1OC(CO)C(OC2OC(CO)C(OC3OC(CO)C(O)C(O)C3O)C(O)C2O)C(O)C1O)NC(=O)CCCCCCCCCCCCC. The summed E-state index contributed by atoms with van der Waals surface area (Å²) in [5.74, 6) is -0.279. The van der Waals surface area contributed by atoms with E-state index < -0.39 is 124 Å². The van der Waals surface area contributed by atoms with Gasteiger partial charge in [-0.15, -0.1) is 0 Å². The van der Waals surface area contributed by atoms with E-state index in [4.69, 9.17) is 28.4 Å². The van der Waals surface area contributed by atoms with Crippen LogP contribution in [0, 0.1) is 0 Å². The summed E-state index contributed by atoms with van der Waals surface area (Å²) in [6.45, 7) is 1.66. The lowest BCUT2D eigenvalue weighted by molar-refractivity contribution is -0.379. The second kappa shape index (κ2) is 34.8. The summed E-state index contributed by atoms with van der Waals surface area (Å²) in [6, 6.07) is -0.963. The molecule has 1 amide bonds. The van der Waals surface area contributed by atoms with Gasteiger partial charge >= 0.3 is 0 Å². The Balaban J connectivity index is 1.57.